The van der Waals surface area contributed by atoms with Crippen LogP contribution in [0, 0.1) is 0 Å². The standard InChI is InChI=1S/C23H24N4O3/c1-16(28)27(2)15-17-8-6-9-18(14-17)25-23(29)19-10-7-13-24-22(19)26-20-11-4-5-12-21(20)30-3/h4-14H,15H2,1-3H3,(H,24,26)(H,25,29). The van der Waals surface area contributed by atoms with Crippen LogP contribution in [0.3, 0.4) is 0 Å². The summed E-state index contributed by atoms with van der Waals surface area (Å²) in [6.07, 6.45) is 1.62. The molecule has 7 nitrogen and oxygen atoms in total. The van der Waals surface area contributed by atoms with E-state index in [4.69, 9.17) is 4.74 Å². The number of hydrogen-bond donors (Lipinski definition) is 2. The first kappa shape index (κ1) is 20.9. The highest BCUT2D eigenvalue weighted by molar-refractivity contribution is 6.07. The number of carbonyl (C=O) groups is 2. The summed E-state index contributed by atoms with van der Waals surface area (Å²) in [5, 5.41) is 6.07. The van der Waals surface area contributed by atoms with E-state index < -0.39 is 0 Å². The molecule has 0 atom stereocenters. The number of methoxy groups -OCH3 is 1. The number of carbonyl (C=O) groups excluding carboxylic acids is 2. The Labute approximate surface area is 175 Å². The number of anilines is 3. The monoisotopic (exact) mass is 404 g/mol. The fraction of sp³-hybridized carbons (Fsp3) is 0.174. The molecule has 30 heavy (non-hydrogen) atoms. The van der Waals surface area contributed by atoms with Gasteiger partial charge in [0.05, 0.1) is 18.4 Å². The molecule has 0 radical (unpaired) electrons. The Bertz CT molecular complexity index is 1050. The first-order valence-corrected chi connectivity index (χ1v) is 9.45. The van der Waals surface area contributed by atoms with Crippen LogP contribution in [0.4, 0.5) is 17.2 Å². The highest BCUT2D eigenvalue weighted by Crippen LogP contribution is 2.28. The Morgan fingerprint density at radius 1 is 1.07 bits per heavy atom. The number of pyridine rings is 1. The number of ether oxygens (including phenoxy) is 1. The molecule has 7 heteroatoms. The molecular formula is C23H24N4O3. The van der Waals surface area contributed by atoms with Crippen molar-refractivity contribution in [3.8, 4) is 5.75 Å². The number of rotatable bonds is 7. The first-order valence-electron chi connectivity index (χ1n) is 9.45. The quantitative estimate of drug-likeness (QED) is 0.620. The van der Waals surface area contributed by atoms with Crippen LogP contribution in [0.25, 0.3) is 0 Å². The highest BCUT2D eigenvalue weighted by atomic mass is 16.5. The van der Waals surface area contributed by atoms with Crippen molar-refractivity contribution in [1.82, 2.24) is 9.88 Å². The van der Waals surface area contributed by atoms with Crippen LogP contribution in [0.2, 0.25) is 0 Å². The number of nitrogens with zero attached hydrogens (tertiary/aromatic N) is 2. The fourth-order valence-electron chi connectivity index (χ4n) is 2.89. The third kappa shape index (κ3) is 5.14. The molecule has 0 spiro atoms. The Morgan fingerprint density at radius 2 is 1.87 bits per heavy atom. The molecule has 1 aromatic heterocycles. The van der Waals surface area contributed by atoms with Crippen LogP contribution in [0.5, 0.6) is 5.75 Å². The van der Waals surface area contributed by atoms with Gasteiger partial charge in [-0.15, -0.1) is 0 Å². The van der Waals surface area contributed by atoms with Crippen molar-refractivity contribution >= 4 is 29.0 Å². The van der Waals surface area contributed by atoms with Crippen molar-refractivity contribution < 1.29 is 14.3 Å². The van der Waals surface area contributed by atoms with Gasteiger partial charge in [-0.1, -0.05) is 24.3 Å². The second-order valence-electron chi connectivity index (χ2n) is 6.75. The maximum absolute atomic E-state index is 12.9. The zero-order valence-electron chi connectivity index (χ0n) is 17.2. The molecule has 2 N–H and O–H groups in total. The van der Waals surface area contributed by atoms with Gasteiger partial charge in [-0.25, -0.2) is 4.98 Å². The molecule has 1 heterocycles. The summed E-state index contributed by atoms with van der Waals surface area (Å²) in [4.78, 5) is 30.3. The van der Waals surface area contributed by atoms with Gasteiger partial charge in [0.1, 0.15) is 11.6 Å². The summed E-state index contributed by atoms with van der Waals surface area (Å²) in [5.74, 6) is 0.758. The van der Waals surface area contributed by atoms with Gasteiger partial charge in [0, 0.05) is 32.4 Å². The molecular weight excluding hydrogens is 380 g/mol. The van der Waals surface area contributed by atoms with E-state index in [1.807, 2.05) is 42.5 Å². The Balaban J connectivity index is 1.79. The first-order chi connectivity index (χ1) is 14.5. The lowest BCUT2D eigenvalue weighted by Crippen LogP contribution is -2.23. The number of aromatic nitrogens is 1. The van der Waals surface area contributed by atoms with E-state index in [1.165, 1.54) is 6.92 Å². The number of para-hydroxylation sites is 2. The van der Waals surface area contributed by atoms with E-state index in [0.717, 1.165) is 5.56 Å². The minimum Gasteiger partial charge on any atom is -0.495 e. The number of benzene rings is 2. The third-order valence-electron chi connectivity index (χ3n) is 4.55. The Morgan fingerprint density at radius 3 is 2.63 bits per heavy atom. The van der Waals surface area contributed by atoms with Gasteiger partial charge < -0.3 is 20.3 Å². The molecule has 0 unspecified atom stereocenters. The van der Waals surface area contributed by atoms with E-state index >= 15 is 0 Å². The minimum atomic E-state index is -0.294. The van der Waals surface area contributed by atoms with Crippen molar-refractivity contribution in [3.63, 3.8) is 0 Å². The van der Waals surface area contributed by atoms with Crippen LogP contribution in [-0.2, 0) is 11.3 Å². The van der Waals surface area contributed by atoms with E-state index in [1.54, 1.807) is 43.5 Å². The SMILES string of the molecule is COc1ccccc1Nc1ncccc1C(=O)Nc1cccc(CN(C)C(C)=O)c1. The summed E-state index contributed by atoms with van der Waals surface area (Å²) < 4.78 is 5.36. The van der Waals surface area contributed by atoms with E-state index in [2.05, 4.69) is 15.6 Å². The van der Waals surface area contributed by atoms with Gasteiger partial charge in [-0.2, -0.15) is 0 Å². The molecule has 0 saturated carbocycles. The number of amides is 2. The predicted molar refractivity (Wildman–Crippen MR) is 117 cm³/mol. The van der Waals surface area contributed by atoms with Gasteiger partial charge in [0.25, 0.3) is 5.91 Å². The second kappa shape index (κ2) is 9.56. The van der Waals surface area contributed by atoms with Gasteiger partial charge in [0.2, 0.25) is 5.91 Å². The van der Waals surface area contributed by atoms with Crippen molar-refractivity contribution in [2.24, 2.45) is 0 Å². The summed E-state index contributed by atoms with van der Waals surface area (Å²) >= 11 is 0. The van der Waals surface area contributed by atoms with Crippen molar-refractivity contribution in [1.29, 1.82) is 0 Å². The molecule has 0 aliphatic carbocycles. The topological polar surface area (TPSA) is 83.6 Å². The predicted octanol–water partition coefficient (Wildman–Crippen LogP) is 4.06. The van der Waals surface area contributed by atoms with Crippen LogP contribution >= 0.6 is 0 Å². The van der Waals surface area contributed by atoms with Crippen LogP contribution < -0.4 is 15.4 Å². The molecule has 0 bridgehead atoms. The fourth-order valence-corrected chi connectivity index (χ4v) is 2.89. The zero-order chi connectivity index (χ0) is 21.5. The largest absolute Gasteiger partial charge is 0.495 e. The molecule has 0 saturated heterocycles. The van der Waals surface area contributed by atoms with E-state index in [0.29, 0.717) is 35.1 Å². The van der Waals surface area contributed by atoms with Gasteiger partial charge >= 0.3 is 0 Å². The molecule has 0 aliphatic rings. The minimum absolute atomic E-state index is 0.0214. The number of nitrogens with one attached hydrogen (secondary N) is 2. The van der Waals surface area contributed by atoms with Gasteiger partial charge in [0.15, 0.2) is 0 Å². The second-order valence-corrected chi connectivity index (χ2v) is 6.75. The summed E-state index contributed by atoms with van der Waals surface area (Å²) in [6, 6.07) is 18.2. The van der Waals surface area contributed by atoms with Crippen molar-refractivity contribution in [3.05, 3.63) is 78.0 Å². The smallest absolute Gasteiger partial charge is 0.259 e. The Kier molecular flexibility index (Phi) is 6.64. The van der Waals surface area contributed by atoms with Gasteiger partial charge in [-0.3, -0.25) is 9.59 Å². The van der Waals surface area contributed by atoms with Crippen LogP contribution in [-0.4, -0.2) is 35.9 Å². The summed E-state index contributed by atoms with van der Waals surface area (Å²) in [7, 11) is 3.32. The lowest BCUT2D eigenvalue weighted by molar-refractivity contribution is -0.128. The zero-order valence-corrected chi connectivity index (χ0v) is 17.2. The number of hydrogen-bond acceptors (Lipinski definition) is 5. The maximum Gasteiger partial charge on any atom is 0.259 e. The van der Waals surface area contributed by atoms with Crippen molar-refractivity contribution in [2.75, 3.05) is 24.8 Å². The maximum atomic E-state index is 12.9. The van der Waals surface area contributed by atoms with Crippen LogP contribution in [0.15, 0.2) is 66.9 Å². The van der Waals surface area contributed by atoms with Gasteiger partial charge in [-0.05, 0) is 42.0 Å². The van der Waals surface area contributed by atoms with E-state index in [-0.39, 0.29) is 11.8 Å². The van der Waals surface area contributed by atoms with Crippen LogP contribution in [0.1, 0.15) is 22.8 Å². The summed E-state index contributed by atoms with van der Waals surface area (Å²) in [5.41, 5.74) is 2.67. The molecule has 3 aromatic rings. The summed E-state index contributed by atoms with van der Waals surface area (Å²) in [6.45, 7) is 1.98. The average Bonchev–Trinajstić information content (AvgIpc) is 2.74. The molecule has 0 aliphatic heterocycles. The highest BCUT2D eigenvalue weighted by Gasteiger charge is 2.14. The molecule has 0 fully saturated rings. The lowest BCUT2D eigenvalue weighted by Gasteiger charge is -2.16. The molecule has 2 amide bonds. The van der Waals surface area contributed by atoms with E-state index in [9.17, 15) is 9.59 Å². The Hall–Kier alpha value is -3.87. The average molecular weight is 404 g/mol. The molecule has 2 aromatic carbocycles. The molecule has 154 valence electrons. The lowest BCUT2D eigenvalue weighted by atomic mass is 10.1. The third-order valence-corrected chi connectivity index (χ3v) is 4.55. The van der Waals surface area contributed by atoms with Crippen molar-refractivity contribution in [2.45, 2.75) is 13.5 Å². The molecule has 3 rings (SSSR count). The normalized spacial score (nSPS) is 10.2.